The number of hydrogen-bond donors (Lipinski definition) is 0. The predicted molar refractivity (Wildman–Crippen MR) is 62.8 cm³/mol. The van der Waals surface area contributed by atoms with Crippen LogP contribution in [0, 0.1) is 10.1 Å². The first-order valence-corrected chi connectivity index (χ1v) is 7.13. The maximum atomic E-state index is 11.4. The molecule has 17 heavy (non-hydrogen) atoms. The molecule has 0 aliphatic rings. The van der Waals surface area contributed by atoms with E-state index < -0.39 is 20.6 Å². The zero-order valence-electron chi connectivity index (χ0n) is 9.17. The maximum Gasteiger partial charge on any atom is 0.408 e. The number of halogens is 1. The Morgan fingerprint density at radius 1 is 1.53 bits per heavy atom. The molecule has 1 rings (SSSR count). The van der Waals surface area contributed by atoms with E-state index in [1.807, 2.05) is 0 Å². The van der Waals surface area contributed by atoms with E-state index in [1.54, 1.807) is 6.92 Å². The number of aromatic nitrogens is 2. The minimum Gasteiger partial charge on any atom is -0.358 e. The minimum atomic E-state index is -3.13. The number of rotatable bonds is 6. The second kappa shape index (κ2) is 5.46. The zero-order valence-corrected chi connectivity index (χ0v) is 10.7. The SMILES string of the molecule is CCCS(=O)(=O)CCn1cc(Cl)c([N+](=O)[O-])n1. The van der Waals surface area contributed by atoms with Crippen molar-refractivity contribution in [1.82, 2.24) is 9.78 Å². The van der Waals surface area contributed by atoms with Gasteiger partial charge in [-0.15, -0.1) is 0 Å². The van der Waals surface area contributed by atoms with E-state index in [9.17, 15) is 18.5 Å². The van der Waals surface area contributed by atoms with Crippen LogP contribution in [0.3, 0.4) is 0 Å². The molecule has 0 N–H and O–H groups in total. The highest BCUT2D eigenvalue weighted by atomic mass is 35.5. The van der Waals surface area contributed by atoms with Crippen LogP contribution in [0.5, 0.6) is 0 Å². The molecule has 0 atom stereocenters. The molecule has 96 valence electrons. The van der Waals surface area contributed by atoms with Crippen LogP contribution in [-0.4, -0.2) is 34.6 Å². The summed E-state index contributed by atoms with van der Waals surface area (Å²) in [4.78, 5) is 9.76. The number of nitrogens with zero attached hydrogens (tertiary/aromatic N) is 3. The summed E-state index contributed by atoms with van der Waals surface area (Å²) in [5.41, 5.74) is 0. The highest BCUT2D eigenvalue weighted by Crippen LogP contribution is 2.21. The van der Waals surface area contributed by atoms with Crippen molar-refractivity contribution in [2.45, 2.75) is 19.9 Å². The van der Waals surface area contributed by atoms with Gasteiger partial charge in [0.25, 0.3) is 0 Å². The average molecular weight is 282 g/mol. The average Bonchev–Trinajstić information content (AvgIpc) is 2.57. The van der Waals surface area contributed by atoms with Crippen molar-refractivity contribution < 1.29 is 13.3 Å². The Morgan fingerprint density at radius 2 is 2.18 bits per heavy atom. The van der Waals surface area contributed by atoms with Crippen LogP contribution in [0.25, 0.3) is 0 Å². The third kappa shape index (κ3) is 3.97. The lowest BCUT2D eigenvalue weighted by Gasteiger charge is -1.99. The Morgan fingerprint density at radius 3 is 2.65 bits per heavy atom. The molecule has 0 saturated heterocycles. The first-order valence-electron chi connectivity index (χ1n) is 4.93. The van der Waals surface area contributed by atoms with Crippen molar-refractivity contribution in [3.8, 4) is 0 Å². The van der Waals surface area contributed by atoms with Crippen LogP contribution < -0.4 is 0 Å². The fraction of sp³-hybridized carbons (Fsp3) is 0.625. The highest BCUT2D eigenvalue weighted by molar-refractivity contribution is 7.91. The second-order valence-electron chi connectivity index (χ2n) is 3.47. The molecular formula is C8H12ClN3O4S. The minimum absolute atomic E-state index is 0.0654. The van der Waals surface area contributed by atoms with E-state index in [4.69, 9.17) is 11.6 Å². The van der Waals surface area contributed by atoms with Gasteiger partial charge < -0.3 is 10.1 Å². The third-order valence-corrected chi connectivity index (χ3v) is 4.12. The Labute approximate surface area is 103 Å². The van der Waals surface area contributed by atoms with E-state index in [0.717, 1.165) is 0 Å². The molecule has 0 aromatic carbocycles. The largest absolute Gasteiger partial charge is 0.408 e. The number of nitro groups is 1. The van der Waals surface area contributed by atoms with Crippen LogP contribution in [0.2, 0.25) is 5.02 Å². The van der Waals surface area contributed by atoms with Gasteiger partial charge in [0.05, 0.1) is 23.6 Å². The molecule has 0 unspecified atom stereocenters. The summed E-state index contributed by atoms with van der Waals surface area (Å²) < 4.78 is 24.0. The lowest BCUT2D eigenvalue weighted by Crippen LogP contribution is -2.16. The van der Waals surface area contributed by atoms with Crippen molar-refractivity contribution in [3.63, 3.8) is 0 Å². The molecule has 0 aliphatic carbocycles. The molecule has 0 bridgehead atoms. The molecule has 9 heteroatoms. The summed E-state index contributed by atoms with van der Waals surface area (Å²) >= 11 is 5.58. The molecule has 1 aromatic rings. The van der Waals surface area contributed by atoms with Crippen LogP contribution in [0.15, 0.2) is 6.20 Å². The van der Waals surface area contributed by atoms with Crippen LogP contribution in [0.4, 0.5) is 5.82 Å². The van der Waals surface area contributed by atoms with Crippen molar-refractivity contribution in [2.24, 2.45) is 0 Å². The van der Waals surface area contributed by atoms with Gasteiger partial charge in [-0.1, -0.05) is 18.5 Å². The second-order valence-corrected chi connectivity index (χ2v) is 6.18. The van der Waals surface area contributed by atoms with Gasteiger partial charge in [-0.25, -0.2) is 8.42 Å². The van der Waals surface area contributed by atoms with Gasteiger partial charge in [-0.05, 0) is 11.3 Å². The maximum absolute atomic E-state index is 11.4. The third-order valence-electron chi connectivity index (χ3n) is 2.02. The normalized spacial score (nSPS) is 11.6. The van der Waals surface area contributed by atoms with Crippen molar-refractivity contribution in [1.29, 1.82) is 0 Å². The Kier molecular flexibility index (Phi) is 4.47. The fourth-order valence-electron chi connectivity index (χ4n) is 1.27. The standard InChI is InChI=1S/C8H12ClN3O4S/c1-2-4-17(15,16)5-3-11-6-7(9)8(10-11)12(13)14/h6H,2-5H2,1H3. The smallest absolute Gasteiger partial charge is 0.358 e. The Hall–Kier alpha value is -1.15. The molecule has 0 spiro atoms. The van der Waals surface area contributed by atoms with E-state index in [0.29, 0.717) is 6.42 Å². The van der Waals surface area contributed by atoms with E-state index in [1.165, 1.54) is 10.9 Å². The quantitative estimate of drug-likeness (QED) is 0.578. The van der Waals surface area contributed by atoms with E-state index in [2.05, 4.69) is 5.10 Å². The van der Waals surface area contributed by atoms with Gasteiger partial charge in [-0.3, -0.25) is 0 Å². The molecule has 0 aliphatic heterocycles. The van der Waals surface area contributed by atoms with Crippen molar-refractivity contribution >= 4 is 27.3 Å². The Balaban J connectivity index is 2.71. The topological polar surface area (TPSA) is 95.1 Å². The highest BCUT2D eigenvalue weighted by Gasteiger charge is 2.20. The number of hydrogen-bond acceptors (Lipinski definition) is 5. The van der Waals surface area contributed by atoms with Gasteiger partial charge in [0.15, 0.2) is 14.9 Å². The first kappa shape index (κ1) is 13.9. The van der Waals surface area contributed by atoms with Crippen LogP contribution >= 0.6 is 11.6 Å². The van der Waals surface area contributed by atoms with E-state index >= 15 is 0 Å². The van der Waals surface area contributed by atoms with Gasteiger partial charge in [-0.2, -0.15) is 4.68 Å². The zero-order chi connectivity index (χ0) is 13.1. The van der Waals surface area contributed by atoms with Gasteiger partial charge >= 0.3 is 5.82 Å². The van der Waals surface area contributed by atoms with Crippen LogP contribution in [-0.2, 0) is 16.4 Å². The van der Waals surface area contributed by atoms with Gasteiger partial charge in [0, 0.05) is 5.75 Å². The summed E-state index contributed by atoms with van der Waals surface area (Å²) in [6.07, 6.45) is 1.80. The summed E-state index contributed by atoms with van der Waals surface area (Å²) in [5, 5.41) is 14.0. The summed E-state index contributed by atoms with van der Waals surface area (Å²) in [6.45, 7) is 1.84. The molecular weight excluding hydrogens is 270 g/mol. The molecule has 0 fully saturated rings. The van der Waals surface area contributed by atoms with Crippen molar-refractivity contribution in [3.05, 3.63) is 21.3 Å². The molecule has 0 saturated carbocycles. The molecule has 0 radical (unpaired) electrons. The summed E-state index contributed by atoms with van der Waals surface area (Å²) in [7, 11) is -3.13. The first-order chi connectivity index (χ1) is 7.85. The van der Waals surface area contributed by atoms with Gasteiger partial charge in [0.1, 0.15) is 0 Å². The number of sulfone groups is 1. The monoisotopic (exact) mass is 281 g/mol. The fourth-order valence-corrected chi connectivity index (χ4v) is 2.78. The Bertz CT molecular complexity index is 511. The van der Waals surface area contributed by atoms with Crippen LogP contribution in [0.1, 0.15) is 13.3 Å². The predicted octanol–water partition coefficient (Wildman–Crippen LogP) is 1.27. The molecule has 0 amide bonds. The van der Waals surface area contributed by atoms with Crippen molar-refractivity contribution in [2.75, 3.05) is 11.5 Å². The number of aryl methyl sites for hydroxylation is 1. The van der Waals surface area contributed by atoms with Gasteiger partial charge in [0.2, 0.25) is 0 Å². The van der Waals surface area contributed by atoms with E-state index in [-0.39, 0.29) is 23.1 Å². The molecule has 7 nitrogen and oxygen atoms in total. The lowest BCUT2D eigenvalue weighted by molar-refractivity contribution is -0.389. The summed E-state index contributed by atoms with van der Waals surface area (Å²) in [6, 6.07) is 0. The molecule has 1 heterocycles. The molecule has 1 aromatic heterocycles. The lowest BCUT2D eigenvalue weighted by atomic mass is 10.6. The summed E-state index contributed by atoms with van der Waals surface area (Å²) in [5.74, 6) is -0.459.